The van der Waals surface area contributed by atoms with Crippen LogP contribution in [0.15, 0.2) is 41.3 Å². The summed E-state index contributed by atoms with van der Waals surface area (Å²) >= 11 is 0. The van der Waals surface area contributed by atoms with Crippen LogP contribution in [-0.4, -0.2) is 14.8 Å². The van der Waals surface area contributed by atoms with Gasteiger partial charge in [0, 0.05) is 0 Å². The number of halogens is 1. The minimum Gasteiger partial charge on any atom is -0.225 e. The summed E-state index contributed by atoms with van der Waals surface area (Å²) in [5.41, 5.74) is 0.921. The third-order valence-corrected chi connectivity index (χ3v) is 3.16. The molecule has 0 aliphatic rings. The molecule has 0 aliphatic heterocycles. The Morgan fingerprint density at radius 1 is 1.31 bits per heavy atom. The van der Waals surface area contributed by atoms with Crippen molar-refractivity contribution in [3.8, 4) is 0 Å². The predicted octanol–water partition coefficient (Wildman–Crippen LogP) is 2.57. The fourth-order valence-corrected chi connectivity index (χ4v) is 1.95. The molecule has 5 heteroatoms. The van der Waals surface area contributed by atoms with E-state index in [-0.39, 0.29) is 4.90 Å². The summed E-state index contributed by atoms with van der Waals surface area (Å²) in [6.45, 7) is 3.41. The Kier molecular flexibility index (Phi) is 4.20. The molecule has 1 aromatic rings. The van der Waals surface area contributed by atoms with E-state index >= 15 is 0 Å². The molecule has 0 aliphatic carbocycles. The van der Waals surface area contributed by atoms with Crippen molar-refractivity contribution in [1.82, 2.24) is 0 Å². The Labute approximate surface area is 94.7 Å². The minimum absolute atomic E-state index is 0.0507. The first-order valence-electron chi connectivity index (χ1n) is 4.72. The lowest BCUT2D eigenvalue weighted by Gasteiger charge is -2.06. The lowest BCUT2D eigenvalue weighted by atomic mass is 10.2. The van der Waals surface area contributed by atoms with E-state index in [0.29, 0.717) is 0 Å². The molecule has 1 aromatic carbocycles. The second kappa shape index (κ2) is 5.23. The molecule has 1 unspecified atom stereocenters. The largest absolute Gasteiger partial charge is 0.299 e. The van der Waals surface area contributed by atoms with Gasteiger partial charge in [0.15, 0.2) is 0 Å². The lowest BCUT2D eigenvalue weighted by molar-refractivity contribution is 0.121. The maximum Gasteiger partial charge on any atom is 0.299 e. The van der Waals surface area contributed by atoms with Crippen LogP contribution < -0.4 is 0 Å². The quantitative estimate of drug-likeness (QED) is 0.604. The number of aryl methyl sites for hydroxylation is 1. The first kappa shape index (κ1) is 12.9. The standard InChI is InChI=1S/C11H13FO3S/c1-3-4-11(12)15-16(13,14)10-7-5-9(2)6-8-10/h3-8,11H,1-2H3/b4-3+. The molecule has 0 N–H and O–H groups in total. The third kappa shape index (κ3) is 3.43. The van der Waals surface area contributed by atoms with Crippen molar-refractivity contribution >= 4 is 10.1 Å². The normalized spacial score (nSPS) is 14.2. The fourth-order valence-electron chi connectivity index (χ4n) is 1.06. The van der Waals surface area contributed by atoms with Crippen LogP contribution in [0.2, 0.25) is 0 Å². The van der Waals surface area contributed by atoms with Crippen molar-refractivity contribution in [2.45, 2.75) is 25.1 Å². The van der Waals surface area contributed by atoms with Gasteiger partial charge in [0.25, 0.3) is 10.1 Å². The van der Waals surface area contributed by atoms with Gasteiger partial charge in [-0.2, -0.15) is 8.42 Å². The number of benzene rings is 1. The molecule has 0 aromatic heterocycles. The van der Waals surface area contributed by atoms with Crippen LogP contribution in [0.1, 0.15) is 12.5 Å². The highest BCUT2D eigenvalue weighted by atomic mass is 32.2. The molecular weight excluding hydrogens is 231 g/mol. The van der Waals surface area contributed by atoms with Gasteiger partial charge >= 0.3 is 0 Å². The second-order valence-electron chi connectivity index (χ2n) is 3.24. The molecular formula is C11H13FO3S. The Morgan fingerprint density at radius 3 is 2.38 bits per heavy atom. The molecule has 0 spiro atoms. The first-order valence-corrected chi connectivity index (χ1v) is 6.13. The lowest BCUT2D eigenvalue weighted by Crippen LogP contribution is -2.12. The molecule has 1 atom stereocenters. The molecule has 0 heterocycles. The van der Waals surface area contributed by atoms with Gasteiger partial charge in [-0.05, 0) is 32.1 Å². The Bertz CT molecular complexity index is 463. The zero-order valence-electron chi connectivity index (χ0n) is 9.05. The Balaban J connectivity index is 2.90. The Morgan fingerprint density at radius 2 is 1.88 bits per heavy atom. The van der Waals surface area contributed by atoms with E-state index in [1.54, 1.807) is 19.1 Å². The Hall–Kier alpha value is -1.20. The molecule has 0 saturated carbocycles. The van der Waals surface area contributed by atoms with Crippen LogP contribution in [-0.2, 0) is 14.3 Å². The van der Waals surface area contributed by atoms with Gasteiger partial charge in [-0.25, -0.2) is 8.57 Å². The average molecular weight is 244 g/mol. The zero-order valence-corrected chi connectivity index (χ0v) is 9.87. The first-order chi connectivity index (χ1) is 7.45. The summed E-state index contributed by atoms with van der Waals surface area (Å²) in [7, 11) is -4.02. The van der Waals surface area contributed by atoms with E-state index in [1.165, 1.54) is 18.2 Å². The predicted molar refractivity (Wildman–Crippen MR) is 59.2 cm³/mol. The smallest absolute Gasteiger partial charge is 0.225 e. The highest BCUT2D eigenvalue weighted by molar-refractivity contribution is 7.86. The summed E-state index contributed by atoms with van der Waals surface area (Å²) < 4.78 is 40.4. The topological polar surface area (TPSA) is 43.4 Å². The van der Waals surface area contributed by atoms with Crippen molar-refractivity contribution in [1.29, 1.82) is 0 Å². The van der Waals surface area contributed by atoms with Crippen LogP contribution >= 0.6 is 0 Å². The molecule has 16 heavy (non-hydrogen) atoms. The van der Waals surface area contributed by atoms with Crippen LogP contribution in [0, 0.1) is 6.92 Å². The van der Waals surface area contributed by atoms with Gasteiger partial charge in [0.2, 0.25) is 6.36 Å². The van der Waals surface area contributed by atoms with Gasteiger partial charge in [0.05, 0.1) is 4.90 Å². The van der Waals surface area contributed by atoms with Gasteiger partial charge in [-0.1, -0.05) is 23.8 Å². The number of hydrogen-bond acceptors (Lipinski definition) is 3. The van der Waals surface area contributed by atoms with Gasteiger partial charge < -0.3 is 0 Å². The average Bonchev–Trinajstić information content (AvgIpc) is 2.17. The fraction of sp³-hybridized carbons (Fsp3) is 0.273. The molecule has 0 fully saturated rings. The van der Waals surface area contributed by atoms with Crippen LogP contribution in [0.4, 0.5) is 4.39 Å². The molecule has 88 valence electrons. The molecule has 0 bridgehead atoms. The van der Waals surface area contributed by atoms with Crippen molar-refractivity contribution in [2.75, 3.05) is 0 Å². The van der Waals surface area contributed by atoms with E-state index in [2.05, 4.69) is 4.18 Å². The monoisotopic (exact) mass is 244 g/mol. The molecule has 0 amide bonds. The van der Waals surface area contributed by atoms with Crippen molar-refractivity contribution in [2.24, 2.45) is 0 Å². The molecule has 0 radical (unpaired) electrons. The van der Waals surface area contributed by atoms with Crippen LogP contribution in [0.3, 0.4) is 0 Å². The summed E-state index contributed by atoms with van der Waals surface area (Å²) in [6, 6.07) is 6.01. The van der Waals surface area contributed by atoms with E-state index in [9.17, 15) is 12.8 Å². The number of alkyl halides is 1. The van der Waals surface area contributed by atoms with E-state index in [0.717, 1.165) is 11.6 Å². The van der Waals surface area contributed by atoms with E-state index in [1.807, 2.05) is 6.92 Å². The highest BCUT2D eigenvalue weighted by Gasteiger charge is 2.19. The van der Waals surface area contributed by atoms with Gasteiger partial charge in [-0.15, -0.1) is 0 Å². The van der Waals surface area contributed by atoms with E-state index in [4.69, 9.17) is 0 Å². The van der Waals surface area contributed by atoms with Gasteiger partial charge in [-0.3, -0.25) is 0 Å². The zero-order chi connectivity index (χ0) is 12.2. The second-order valence-corrected chi connectivity index (χ2v) is 4.81. The molecule has 0 saturated heterocycles. The SMILES string of the molecule is C/C=C/C(F)OS(=O)(=O)c1ccc(C)cc1. The summed E-state index contributed by atoms with van der Waals surface area (Å²) in [5, 5.41) is 0. The maximum atomic E-state index is 13.0. The highest BCUT2D eigenvalue weighted by Crippen LogP contribution is 2.15. The summed E-state index contributed by atoms with van der Waals surface area (Å²) in [4.78, 5) is -0.0507. The summed E-state index contributed by atoms with van der Waals surface area (Å²) in [5.74, 6) is 0. The van der Waals surface area contributed by atoms with Crippen LogP contribution in [0.5, 0.6) is 0 Å². The maximum absolute atomic E-state index is 13.0. The van der Waals surface area contributed by atoms with E-state index < -0.39 is 16.5 Å². The molecule has 3 nitrogen and oxygen atoms in total. The molecule has 1 rings (SSSR count). The van der Waals surface area contributed by atoms with Gasteiger partial charge in [0.1, 0.15) is 0 Å². The minimum atomic E-state index is -4.02. The number of hydrogen-bond donors (Lipinski definition) is 0. The van der Waals surface area contributed by atoms with Crippen molar-refractivity contribution in [3.05, 3.63) is 42.0 Å². The number of rotatable bonds is 4. The van der Waals surface area contributed by atoms with Crippen molar-refractivity contribution < 1.29 is 17.0 Å². The third-order valence-electron chi connectivity index (χ3n) is 1.87. The number of allylic oxidation sites excluding steroid dienone is 1. The van der Waals surface area contributed by atoms with Crippen LogP contribution in [0.25, 0.3) is 0 Å². The summed E-state index contributed by atoms with van der Waals surface area (Å²) in [6.07, 6.45) is 0.456. The van der Waals surface area contributed by atoms with Crippen molar-refractivity contribution in [3.63, 3.8) is 0 Å².